The summed E-state index contributed by atoms with van der Waals surface area (Å²) in [5.41, 5.74) is 2.00. The van der Waals surface area contributed by atoms with E-state index in [4.69, 9.17) is 0 Å². The lowest BCUT2D eigenvalue weighted by molar-refractivity contribution is 0.101. The molecular formula is C14H22O. The standard InChI is InChI=1S/C10H12O.C4H10/c1-3-9-6-4-5-7-10(9)8(2)11;1-4(2)3/h4-7H,3H2,1-2H3;4H,1-3H3. The first-order valence-corrected chi connectivity index (χ1v) is 5.57. The van der Waals surface area contributed by atoms with Crippen molar-refractivity contribution in [3.63, 3.8) is 0 Å². The lowest BCUT2D eigenvalue weighted by atomic mass is 10.0. The molecule has 0 spiro atoms. The van der Waals surface area contributed by atoms with Crippen LogP contribution in [0.5, 0.6) is 0 Å². The summed E-state index contributed by atoms with van der Waals surface area (Å²) in [6.07, 6.45) is 0.926. The number of carbonyl (C=O) groups is 1. The fourth-order valence-corrected chi connectivity index (χ4v) is 1.17. The van der Waals surface area contributed by atoms with Crippen LogP contribution in [0.25, 0.3) is 0 Å². The summed E-state index contributed by atoms with van der Waals surface area (Å²) >= 11 is 0. The van der Waals surface area contributed by atoms with Gasteiger partial charge in [0.1, 0.15) is 0 Å². The molecule has 0 aliphatic carbocycles. The Labute approximate surface area is 93.5 Å². The monoisotopic (exact) mass is 206 g/mol. The van der Waals surface area contributed by atoms with Crippen LogP contribution in [0.4, 0.5) is 0 Å². The number of aryl methyl sites for hydroxylation is 1. The van der Waals surface area contributed by atoms with Gasteiger partial charge in [-0.05, 0) is 24.8 Å². The van der Waals surface area contributed by atoms with Gasteiger partial charge < -0.3 is 0 Å². The van der Waals surface area contributed by atoms with Crippen LogP contribution >= 0.6 is 0 Å². The zero-order chi connectivity index (χ0) is 11.8. The van der Waals surface area contributed by atoms with Gasteiger partial charge in [0, 0.05) is 5.56 Å². The van der Waals surface area contributed by atoms with Crippen molar-refractivity contribution in [1.82, 2.24) is 0 Å². The quantitative estimate of drug-likeness (QED) is 0.665. The van der Waals surface area contributed by atoms with E-state index in [1.807, 2.05) is 24.3 Å². The van der Waals surface area contributed by atoms with Crippen molar-refractivity contribution >= 4 is 5.78 Å². The molecule has 0 saturated heterocycles. The van der Waals surface area contributed by atoms with Gasteiger partial charge in [-0.15, -0.1) is 0 Å². The SMILES string of the molecule is CC(C)C.CCc1ccccc1C(C)=O. The topological polar surface area (TPSA) is 17.1 Å². The molecule has 0 aromatic heterocycles. The van der Waals surface area contributed by atoms with Crippen molar-refractivity contribution < 1.29 is 4.79 Å². The van der Waals surface area contributed by atoms with Gasteiger partial charge in [-0.25, -0.2) is 0 Å². The van der Waals surface area contributed by atoms with Crippen LogP contribution in [-0.4, -0.2) is 5.78 Å². The zero-order valence-electron chi connectivity index (χ0n) is 10.5. The second kappa shape index (κ2) is 7.22. The molecule has 0 bridgehead atoms. The number of rotatable bonds is 2. The Balaban J connectivity index is 0.000000423. The first kappa shape index (κ1) is 13.9. The Morgan fingerprint density at radius 3 is 2.00 bits per heavy atom. The van der Waals surface area contributed by atoms with E-state index in [0.29, 0.717) is 0 Å². The summed E-state index contributed by atoms with van der Waals surface area (Å²) in [7, 11) is 0. The summed E-state index contributed by atoms with van der Waals surface area (Å²) < 4.78 is 0. The molecule has 1 rings (SSSR count). The lowest BCUT2D eigenvalue weighted by Gasteiger charge is -2.01. The van der Waals surface area contributed by atoms with Crippen LogP contribution in [0.1, 0.15) is 50.5 Å². The van der Waals surface area contributed by atoms with Gasteiger partial charge in [0.2, 0.25) is 0 Å². The van der Waals surface area contributed by atoms with Crippen LogP contribution < -0.4 is 0 Å². The maximum Gasteiger partial charge on any atom is 0.160 e. The predicted octanol–water partition coefficient (Wildman–Crippen LogP) is 4.11. The molecule has 0 saturated carbocycles. The highest BCUT2D eigenvalue weighted by atomic mass is 16.1. The second-order valence-electron chi connectivity index (χ2n) is 4.30. The zero-order valence-corrected chi connectivity index (χ0v) is 10.5. The number of benzene rings is 1. The summed E-state index contributed by atoms with van der Waals surface area (Å²) in [6.45, 7) is 10.2. The van der Waals surface area contributed by atoms with E-state index in [9.17, 15) is 4.79 Å². The van der Waals surface area contributed by atoms with Crippen LogP contribution in [-0.2, 0) is 6.42 Å². The fourth-order valence-electron chi connectivity index (χ4n) is 1.17. The van der Waals surface area contributed by atoms with E-state index in [2.05, 4.69) is 27.7 Å². The van der Waals surface area contributed by atoms with E-state index in [1.165, 1.54) is 0 Å². The third kappa shape index (κ3) is 6.05. The van der Waals surface area contributed by atoms with E-state index in [0.717, 1.165) is 23.5 Å². The van der Waals surface area contributed by atoms with Crippen molar-refractivity contribution in [2.75, 3.05) is 0 Å². The number of ketones is 1. The maximum atomic E-state index is 11.0. The highest BCUT2D eigenvalue weighted by Crippen LogP contribution is 2.09. The molecule has 0 unspecified atom stereocenters. The Bertz CT molecular complexity index is 297. The normalized spacial score (nSPS) is 9.47. The average Bonchev–Trinajstić information content (AvgIpc) is 2.16. The van der Waals surface area contributed by atoms with Gasteiger partial charge in [0.25, 0.3) is 0 Å². The van der Waals surface area contributed by atoms with Crippen molar-refractivity contribution in [2.24, 2.45) is 5.92 Å². The molecule has 0 aliphatic heterocycles. The van der Waals surface area contributed by atoms with Gasteiger partial charge in [0.15, 0.2) is 5.78 Å². The molecule has 0 aliphatic rings. The minimum atomic E-state index is 0.155. The molecule has 1 nitrogen and oxygen atoms in total. The van der Waals surface area contributed by atoms with Gasteiger partial charge in [-0.1, -0.05) is 52.0 Å². The van der Waals surface area contributed by atoms with Crippen molar-refractivity contribution in [3.05, 3.63) is 35.4 Å². The van der Waals surface area contributed by atoms with Crippen LogP contribution in [0.2, 0.25) is 0 Å². The summed E-state index contributed by atoms with van der Waals surface area (Å²) in [4.78, 5) is 11.0. The molecule has 0 radical (unpaired) electrons. The predicted molar refractivity (Wildman–Crippen MR) is 66.3 cm³/mol. The lowest BCUT2D eigenvalue weighted by Crippen LogP contribution is -1.97. The van der Waals surface area contributed by atoms with Crippen molar-refractivity contribution in [1.29, 1.82) is 0 Å². The second-order valence-corrected chi connectivity index (χ2v) is 4.30. The molecule has 0 heterocycles. The van der Waals surface area contributed by atoms with Crippen LogP contribution in [0.15, 0.2) is 24.3 Å². The molecule has 0 N–H and O–H groups in total. The smallest absolute Gasteiger partial charge is 0.160 e. The number of carbonyl (C=O) groups excluding carboxylic acids is 1. The van der Waals surface area contributed by atoms with Crippen molar-refractivity contribution in [2.45, 2.75) is 41.0 Å². The largest absolute Gasteiger partial charge is 0.295 e. The Hall–Kier alpha value is -1.11. The molecule has 84 valence electrons. The highest BCUT2D eigenvalue weighted by molar-refractivity contribution is 5.95. The summed E-state index contributed by atoms with van der Waals surface area (Å²) in [5.74, 6) is 0.988. The first-order valence-electron chi connectivity index (χ1n) is 5.57. The van der Waals surface area contributed by atoms with Crippen molar-refractivity contribution in [3.8, 4) is 0 Å². The van der Waals surface area contributed by atoms with Gasteiger partial charge in [-0.3, -0.25) is 4.79 Å². The minimum absolute atomic E-state index is 0.155. The van der Waals surface area contributed by atoms with E-state index >= 15 is 0 Å². The van der Waals surface area contributed by atoms with Gasteiger partial charge in [0.05, 0.1) is 0 Å². The Morgan fingerprint density at radius 1 is 1.20 bits per heavy atom. The number of hydrogen-bond donors (Lipinski definition) is 0. The maximum absolute atomic E-state index is 11.0. The summed E-state index contributed by atoms with van der Waals surface area (Å²) in [5, 5.41) is 0. The molecule has 1 aromatic carbocycles. The average molecular weight is 206 g/mol. The van der Waals surface area contributed by atoms with Gasteiger partial charge in [-0.2, -0.15) is 0 Å². The first-order chi connectivity index (χ1) is 6.99. The van der Waals surface area contributed by atoms with Gasteiger partial charge >= 0.3 is 0 Å². The van der Waals surface area contributed by atoms with Crippen LogP contribution in [0.3, 0.4) is 0 Å². The Morgan fingerprint density at radius 2 is 1.67 bits per heavy atom. The van der Waals surface area contributed by atoms with E-state index in [-0.39, 0.29) is 5.78 Å². The van der Waals surface area contributed by atoms with E-state index < -0.39 is 0 Å². The highest BCUT2D eigenvalue weighted by Gasteiger charge is 2.02. The molecule has 0 amide bonds. The fraction of sp³-hybridized carbons (Fsp3) is 0.500. The third-order valence-electron chi connectivity index (χ3n) is 1.78. The molecule has 1 aromatic rings. The van der Waals surface area contributed by atoms with Crippen LogP contribution in [0, 0.1) is 5.92 Å². The molecule has 1 heteroatoms. The number of Topliss-reactive ketones (excluding diaryl/α,β-unsaturated/α-hetero) is 1. The molecule has 0 fully saturated rings. The molecule has 0 atom stereocenters. The molecule has 15 heavy (non-hydrogen) atoms. The number of hydrogen-bond acceptors (Lipinski definition) is 1. The summed E-state index contributed by atoms with van der Waals surface area (Å²) in [6, 6.07) is 7.74. The molecular weight excluding hydrogens is 184 g/mol. The Kier molecular flexibility index (Phi) is 6.68. The van der Waals surface area contributed by atoms with E-state index in [1.54, 1.807) is 6.92 Å². The minimum Gasteiger partial charge on any atom is -0.295 e. The third-order valence-corrected chi connectivity index (χ3v) is 1.78.